The molecule has 0 aromatic carbocycles. The largest absolute Gasteiger partial charge is 0.377 e. The van der Waals surface area contributed by atoms with Crippen LogP contribution in [-0.2, 0) is 4.74 Å². The number of rotatable bonds is 0. The predicted octanol–water partition coefficient (Wildman–Crippen LogP) is 0.759. The summed E-state index contributed by atoms with van der Waals surface area (Å²) in [6.45, 7) is 5.32. The van der Waals surface area contributed by atoms with Gasteiger partial charge >= 0.3 is 0 Å². The van der Waals surface area contributed by atoms with Gasteiger partial charge < -0.3 is 10.5 Å². The minimum Gasteiger partial charge on any atom is -0.377 e. The van der Waals surface area contributed by atoms with Crippen LogP contribution in [0.5, 0.6) is 0 Å². The second-order valence-corrected chi connectivity index (χ2v) is 4.09. The molecule has 2 rings (SSSR count). The average molecular weight is 141 g/mol. The Kier molecular flexibility index (Phi) is 1.15. The van der Waals surface area contributed by atoms with E-state index in [-0.39, 0.29) is 5.41 Å². The first-order chi connectivity index (χ1) is 4.64. The smallest absolute Gasteiger partial charge is 0.0684 e. The summed E-state index contributed by atoms with van der Waals surface area (Å²) in [5.74, 6) is 0.662. The van der Waals surface area contributed by atoms with Gasteiger partial charge in [-0.05, 0) is 6.42 Å². The van der Waals surface area contributed by atoms with Crippen LogP contribution >= 0.6 is 0 Å². The minimum absolute atomic E-state index is 0.237. The zero-order valence-electron chi connectivity index (χ0n) is 6.63. The molecule has 1 heterocycles. The summed E-state index contributed by atoms with van der Waals surface area (Å²) in [4.78, 5) is 0. The molecule has 1 aliphatic carbocycles. The van der Waals surface area contributed by atoms with E-state index in [9.17, 15) is 0 Å². The van der Waals surface area contributed by atoms with Gasteiger partial charge in [-0.1, -0.05) is 13.8 Å². The molecule has 58 valence electrons. The summed E-state index contributed by atoms with van der Waals surface area (Å²) in [5.41, 5.74) is 6.20. The van der Waals surface area contributed by atoms with E-state index in [0.29, 0.717) is 18.1 Å². The first kappa shape index (κ1) is 6.62. The maximum atomic E-state index is 5.96. The molecular formula is C8H15NO. The lowest BCUT2D eigenvalue weighted by atomic mass is 9.58. The summed E-state index contributed by atoms with van der Waals surface area (Å²) in [7, 11) is 0. The van der Waals surface area contributed by atoms with Crippen molar-refractivity contribution in [2.24, 2.45) is 17.1 Å². The predicted molar refractivity (Wildman–Crippen MR) is 39.6 cm³/mol. The van der Waals surface area contributed by atoms with Crippen molar-refractivity contribution in [1.82, 2.24) is 0 Å². The van der Waals surface area contributed by atoms with Gasteiger partial charge in [0.2, 0.25) is 0 Å². The third kappa shape index (κ3) is 0.565. The first-order valence-corrected chi connectivity index (χ1v) is 4.01. The monoisotopic (exact) mass is 141 g/mol. The fourth-order valence-electron chi connectivity index (χ4n) is 2.36. The van der Waals surface area contributed by atoms with Crippen molar-refractivity contribution in [3.63, 3.8) is 0 Å². The van der Waals surface area contributed by atoms with E-state index in [0.717, 1.165) is 6.61 Å². The molecule has 2 nitrogen and oxygen atoms in total. The molecule has 0 amide bonds. The molecule has 10 heavy (non-hydrogen) atoms. The molecule has 1 saturated carbocycles. The zero-order valence-corrected chi connectivity index (χ0v) is 6.63. The topological polar surface area (TPSA) is 35.2 Å². The lowest BCUT2D eigenvalue weighted by molar-refractivity contribution is -0.0994. The van der Waals surface area contributed by atoms with Crippen molar-refractivity contribution >= 4 is 0 Å². The highest BCUT2D eigenvalue weighted by atomic mass is 16.5. The molecule has 2 N–H and O–H groups in total. The van der Waals surface area contributed by atoms with Gasteiger partial charge in [0.15, 0.2) is 0 Å². The Hall–Kier alpha value is -0.0800. The quantitative estimate of drug-likeness (QED) is 0.540. The molecule has 3 atom stereocenters. The summed E-state index contributed by atoms with van der Waals surface area (Å²) in [6, 6.07) is 0.375. The van der Waals surface area contributed by atoms with Crippen molar-refractivity contribution in [2.75, 3.05) is 6.61 Å². The van der Waals surface area contributed by atoms with Crippen LogP contribution in [0.3, 0.4) is 0 Å². The minimum atomic E-state index is 0.237. The van der Waals surface area contributed by atoms with Gasteiger partial charge in [-0.3, -0.25) is 0 Å². The Morgan fingerprint density at radius 3 is 2.80 bits per heavy atom. The van der Waals surface area contributed by atoms with Crippen LogP contribution in [0.15, 0.2) is 0 Å². The highest BCUT2D eigenvalue weighted by Crippen LogP contribution is 2.50. The normalized spacial score (nSPS) is 50.1. The molecule has 0 radical (unpaired) electrons. The zero-order chi connectivity index (χ0) is 7.35. The van der Waals surface area contributed by atoms with E-state index in [2.05, 4.69) is 13.8 Å². The van der Waals surface area contributed by atoms with Gasteiger partial charge in [0.25, 0.3) is 0 Å². The Morgan fingerprint density at radius 2 is 2.20 bits per heavy atom. The van der Waals surface area contributed by atoms with E-state index >= 15 is 0 Å². The van der Waals surface area contributed by atoms with Crippen molar-refractivity contribution in [2.45, 2.75) is 32.4 Å². The van der Waals surface area contributed by atoms with E-state index < -0.39 is 0 Å². The lowest BCUT2D eigenvalue weighted by Crippen LogP contribution is -2.64. The van der Waals surface area contributed by atoms with Crippen LogP contribution in [0.2, 0.25) is 0 Å². The summed E-state index contributed by atoms with van der Waals surface area (Å²) < 4.78 is 5.56. The molecule has 0 bridgehead atoms. The summed E-state index contributed by atoms with van der Waals surface area (Å²) in [5, 5.41) is 0. The standard InChI is InChI=1S/C8H15NO/c1-8(2)6(9)5-3-4-10-7(5)8/h5-7H,3-4,9H2,1-2H3/t5-,6+,7-/m1/s1. The fraction of sp³-hybridized carbons (Fsp3) is 1.00. The van der Waals surface area contributed by atoms with Gasteiger partial charge in [-0.15, -0.1) is 0 Å². The van der Waals surface area contributed by atoms with Gasteiger partial charge in [0.05, 0.1) is 6.10 Å². The van der Waals surface area contributed by atoms with Crippen molar-refractivity contribution in [3.05, 3.63) is 0 Å². The molecule has 2 aliphatic rings. The van der Waals surface area contributed by atoms with E-state index in [1.165, 1.54) is 6.42 Å². The van der Waals surface area contributed by atoms with Gasteiger partial charge in [-0.25, -0.2) is 0 Å². The average Bonchev–Trinajstić information content (AvgIpc) is 2.31. The van der Waals surface area contributed by atoms with Crippen molar-refractivity contribution < 1.29 is 4.74 Å². The Morgan fingerprint density at radius 1 is 1.50 bits per heavy atom. The number of hydrogen-bond donors (Lipinski definition) is 1. The first-order valence-electron chi connectivity index (χ1n) is 4.01. The van der Waals surface area contributed by atoms with E-state index in [1.54, 1.807) is 0 Å². The molecule has 1 saturated heterocycles. The van der Waals surface area contributed by atoms with E-state index in [1.807, 2.05) is 0 Å². The third-order valence-corrected chi connectivity index (χ3v) is 3.19. The number of ether oxygens (including phenoxy) is 1. The lowest BCUT2D eigenvalue weighted by Gasteiger charge is -2.52. The SMILES string of the molecule is CC1(C)[C@@H]2OCC[C@@H]2[C@@H]1N. The van der Waals surface area contributed by atoms with Gasteiger partial charge in [0.1, 0.15) is 0 Å². The molecule has 1 aliphatic heterocycles. The summed E-state index contributed by atoms with van der Waals surface area (Å²) >= 11 is 0. The van der Waals surface area contributed by atoms with Crippen LogP contribution < -0.4 is 5.73 Å². The van der Waals surface area contributed by atoms with Crippen LogP contribution in [-0.4, -0.2) is 18.8 Å². The molecule has 0 aromatic rings. The highest BCUT2D eigenvalue weighted by Gasteiger charge is 2.57. The molecule has 2 fully saturated rings. The fourth-order valence-corrected chi connectivity index (χ4v) is 2.36. The van der Waals surface area contributed by atoms with Crippen molar-refractivity contribution in [1.29, 1.82) is 0 Å². The van der Waals surface area contributed by atoms with E-state index in [4.69, 9.17) is 10.5 Å². The second kappa shape index (κ2) is 1.74. The molecular weight excluding hydrogens is 126 g/mol. The van der Waals surface area contributed by atoms with Gasteiger partial charge in [-0.2, -0.15) is 0 Å². The van der Waals surface area contributed by atoms with Crippen LogP contribution in [0.1, 0.15) is 20.3 Å². The van der Waals surface area contributed by atoms with Gasteiger partial charge in [0, 0.05) is 24.0 Å². The maximum absolute atomic E-state index is 5.96. The number of nitrogens with two attached hydrogens (primary N) is 1. The van der Waals surface area contributed by atoms with Crippen LogP contribution in [0.4, 0.5) is 0 Å². The second-order valence-electron chi connectivity index (χ2n) is 4.09. The molecule has 2 heteroatoms. The molecule has 0 aromatic heterocycles. The number of hydrogen-bond acceptors (Lipinski definition) is 2. The maximum Gasteiger partial charge on any atom is 0.0684 e. The highest BCUT2D eigenvalue weighted by molar-refractivity contribution is 5.09. The number of fused-ring (bicyclic) bond motifs is 1. The van der Waals surface area contributed by atoms with Crippen LogP contribution in [0.25, 0.3) is 0 Å². The Balaban J connectivity index is 2.15. The Labute approximate surface area is 61.7 Å². The Bertz CT molecular complexity index is 155. The van der Waals surface area contributed by atoms with Crippen molar-refractivity contribution in [3.8, 4) is 0 Å². The summed E-state index contributed by atoms with van der Waals surface area (Å²) in [6.07, 6.45) is 1.64. The molecule has 0 spiro atoms. The third-order valence-electron chi connectivity index (χ3n) is 3.19. The van der Waals surface area contributed by atoms with Crippen LogP contribution in [0, 0.1) is 11.3 Å². The molecule has 0 unspecified atom stereocenters.